The summed E-state index contributed by atoms with van der Waals surface area (Å²) in [6.45, 7) is 3.86. The van der Waals surface area contributed by atoms with Crippen molar-refractivity contribution in [3.05, 3.63) is 24.3 Å². The van der Waals surface area contributed by atoms with Crippen molar-refractivity contribution in [3.63, 3.8) is 0 Å². The highest BCUT2D eigenvalue weighted by Crippen LogP contribution is 2.31. The van der Waals surface area contributed by atoms with Crippen LogP contribution in [-0.4, -0.2) is 20.2 Å². The fourth-order valence-electron chi connectivity index (χ4n) is 2.25. The molecule has 1 aromatic carbocycles. The lowest BCUT2D eigenvalue weighted by Gasteiger charge is -2.32. The van der Waals surface area contributed by atoms with Crippen LogP contribution in [0.2, 0.25) is 0 Å². The molecule has 0 spiro atoms. The maximum absolute atomic E-state index is 11.7. The molecule has 0 amide bonds. The van der Waals surface area contributed by atoms with Crippen LogP contribution in [0.4, 0.5) is 5.69 Å². The quantitative estimate of drug-likeness (QED) is 0.891. The van der Waals surface area contributed by atoms with Gasteiger partial charge in [-0.15, -0.1) is 0 Å². The van der Waals surface area contributed by atoms with E-state index in [1.807, 2.05) is 12.1 Å². The Kier molecular flexibility index (Phi) is 3.95. The smallest absolute Gasteiger partial charge is 0.178 e. The van der Waals surface area contributed by atoms with Gasteiger partial charge in [0.15, 0.2) is 9.84 Å². The first-order chi connectivity index (χ1) is 8.53. The maximum atomic E-state index is 11.7. The van der Waals surface area contributed by atoms with E-state index in [-0.39, 0.29) is 5.75 Å². The highest BCUT2D eigenvalue weighted by atomic mass is 32.2. The van der Waals surface area contributed by atoms with Crippen LogP contribution >= 0.6 is 0 Å². The zero-order chi connectivity index (χ0) is 13.2. The van der Waals surface area contributed by atoms with Crippen molar-refractivity contribution >= 4 is 15.5 Å². The summed E-state index contributed by atoms with van der Waals surface area (Å²) in [6, 6.07) is 7.56. The van der Waals surface area contributed by atoms with E-state index < -0.39 is 9.84 Å². The first-order valence-corrected chi connectivity index (χ1v) is 8.27. The highest BCUT2D eigenvalue weighted by Gasteiger charge is 2.23. The molecule has 0 aliphatic heterocycles. The second kappa shape index (κ2) is 5.31. The number of hydrogen-bond donors (Lipinski definition) is 1. The van der Waals surface area contributed by atoms with E-state index in [2.05, 4.69) is 12.2 Å². The summed E-state index contributed by atoms with van der Waals surface area (Å²) in [7, 11) is -3.08. The Balaban J connectivity index is 2.03. The Morgan fingerprint density at radius 2 is 1.89 bits per heavy atom. The first kappa shape index (κ1) is 13.4. The van der Waals surface area contributed by atoms with E-state index in [4.69, 9.17) is 0 Å². The molecule has 0 saturated heterocycles. The third-order valence-electron chi connectivity index (χ3n) is 3.84. The standard InChI is InChI=1S/C14H21NO2S/c1-3-18(16,17)14-9-7-13(8-10-14)15-11(2)12-5-4-6-12/h7-12,15H,3-6H2,1-2H3. The zero-order valence-electron chi connectivity index (χ0n) is 11.0. The predicted molar refractivity (Wildman–Crippen MR) is 74.6 cm³/mol. The fourth-order valence-corrected chi connectivity index (χ4v) is 3.13. The molecule has 1 saturated carbocycles. The lowest BCUT2D eigenvalue weighted by Crippen LogP contribution is -2.30. The van der Waals surface area contributed by atoms with Crippen LogP contribution in [0.25, 0.3) is 0 Å². The second-order valence-electron chi connectivity index (χ2n) is 5.05. The van der Waals surface area contributed by atoms with Crippen molar-refractivity contribution in [2.75, 3.05) is 11.1 Å². The molecule has 0 bridgehead atoms. The molecule has 2 rings (SSSR count). The summed E-state index contributed by atoms with van der Waals surface area (Å²) in [6.07, 6.45) is 3.94. The summed E-state index contributed by atoms with van der Waals surface area (Å²) < 4.78 is 23.4. The van der Waals surface area contributed by atoms with E-state index in [0.717, 1.165) is 11.6 Å². The molecule has 100 valence electrons. The Labute approximate surface area is 110 Å². The Hall–Kier alpha value is -1.03. The van der Waals surface area contributed by atoms with E-state index in [1.165, 1.54) is 19.3 Å². The van der Waals surface area contributed by atoms with Crippen LogP contribution in [0.5, 0.6) is 0 Å². The Morgan fingerprint density at radius 1 is 1.28 bits per heavy atom. The van der Waals surface area contributed by atoms with Gasteiger partial charge in [0.2, 0.25) is 0 Å². The van der Waals surface area contributed by atoms with Crippen molar-refractivity contribution < 1.29 is 8.42 Å². The van der Waals surface area contributed by atoms with Crippen LogP contribution in [0.15, 0.2) is 29.2 Å². The number of anilines is 1. The van der Waals surface area contributed by atoms with Gasteiger partial charge in [-0.25, -0.2) is 8.42 Å². The summed E-state index contributed by atoms with van der Waals surface area (Å²) in [5.41, 5.74) is 1.00. The van der Waals surface area contributed by atoms with Crippen molar-refractivity contribution in [1.82, 2.24) is 0 Å². The van der Waals surface area contributed by atoms with E-state index >= 15 is 0 Å². The van der Waals surface area contributed by atoms with Crippen molar-refractivity contribution in [2.24, 2.45) is 5.92 Å². The molecule has 1 N–H and O–H groups in total. The minimum atomic E-state index is -3.08. The van der Waals surface area contributed by atoms with Gasteiger partial charge < -0.3 is 5.32 Å². The van der Waals surface area contributed by atoms with Gasteiger partial charge in [-0.3, -0.25) is 0 Å². The number of sulfone groups is 1. The molecule has 18 heavy (non-hydrogen) atoms. The van der Waals surface area contributed by atoms with Gasteiger partial charge in [0.05, 0.1) is 10.6 Å². The third kappa shape index (κ3) is 2.86. The van der Waals surface area contributed by atoms with E-state index in [1.54, 1.807) is 19.1 Å². The van der Waals surface area contributed by atoms with Crippen molar-refractivity contribution in [3.8, 4) is 0 Å². The number of nitrogens with one attached hydrogen (secondary N) is 1. The minimum Gasteiger partial charge on any atom is -0.382 e. The van der Waals surface area contributed by atoms with Gasteiger partial charge in [0, 0.05) is 11.7 Å². The lowest BCUT2D eigenvalue weighted by atomic mass is 9.80. The molecule has 1 fully saturated rings. The molecule has 4 heteroatoms. The average Bonchev–Trinajstić information content (AvgIpc) is 2.27. The number of hydrogen-bond acceptors (Lipinski definition) is 3. The van der Waals surface area contributed by atoms with Gasteiger partial charge in [-0.1, -0.05) is 13.3 Å². The predicted octanol–water partition coefficient (Wildman–Crippen LogP) is 3.08. The van der Waals surface area contributed by atoms with Crippen molar-refractivity contribution in [2.45, 2.75) is 44.0 Å². The molecule has 0 heterocycles. The van der Waals surface area contributed by atoms with E-state index in [0.29, 0.717) is 10.9 Å². The Bertz CT molecular complexity index is 489. The Morgan fingerprint density at radius 3 is 2.33 bits per heavy atom. The van der Waals surface area contributed by atoms with Crippen LogP contribution in [0.1, 0.15) is 33.1 Å². The highest BCUT2D eigenvalue weighted by molar-refractivity contribution is 7.91. The zero-order valence-corrected chi connectivity index (χ0v) is 11.8. The first-order valence-electron chi connectivity index (χ1n) is 6.62. The normalized spacial score (nSPS) is 18.1. The van der Waals surface area contributed by atoms with Crippen LogP contribution < -0.4 is 5.32 Å². The van der Waals surface area contributed by atoms with Crippen molar-refractivity contribution in [1.29, 1.82) is 0 Å². The number of benzene rings is 1. The summed E-state index contributed by atoms with van der Waals surface area (Å²) >= 11 is 0. The SMILES string of the molecule is CCS(=O)(=O)c1ccc(NC(C)C2CCC2)cc1. The van der Waals surface area contributed by atoms with Crippen LogP contribution in [-0.2, 0) is 9.84 Å². The summed E-state index contributed by atoms with van der Waals surface area (Å²) in [4.78, 5) is 0.409. The fraction of sp³-hybridized carbons (Fsp3) is 0.571. The number of rotatable bonds is 5. The topological polar surface area (TPSA) is 46.2 Å². The molecule has 1 aromatic rings. The molecule has 0 radical (unpaired) electrons. The molecule has 1 aliphatic rings. The second-order valence-corrected chi connectivity index (χ2v) is 7.33. The molecule has 1 aliphatic carbocycles. The molecule has 1 atom stereocenters. The van der Waals surface area contributed by atoms with E-state index in [9.17, 15) is 8.42 Å². The van der Waals surface area contributed by atoms with Gasteiger partial charge in [-0.05, 0) is 49.9 Å². The summed E-state index contributed by atoms with van der Waals surface area (Å²) in [5.74, 6) is 0.919. The lowest BCUT2D eigenvalue weighted by molar-refractivity contribution is 0.285. The minimum absolute atomic E-state index is 0.151. The molecular formula is C14H21NO2S. The van der Waals surface area contributed by atoms with Gasteiger partial charge in [0.25, 0.3) is 0 Å². The van der Waals surface area contributed by atoms with Gasteiger partial charge in [-0.2, -0.15) is 0 Å². The van der Waals surface area contributed by atoms with Crippen LogP contribution in [0.3, 0.4) is 0 Å². The van der Waals surface area contributed by atoms with Gasteiger partial charge in [0.1, 0.15) is 0 Å². The molecule has 0 aromatic heterocycles. The summed E-state index contributed by atoms with van der Waals surface area (Å²) in [5, 5.41) is 3.45. The molecule has 3 nitrogen and oxygen atoms in total. The largest absolute Gasteiger partial charge is 0.382 e. The molecular weight excluding hydrogens is 246 g/mol. The maximum Gasteiger partial charge on any atom is 0.178 e. The van der Waals surface area contributed by atoms with Gasteiger partial charge >= 0.3 is 0 Å². The third-order valence-corrected chi connectivity index (χ3v) is 5.60. The monoisotopic (exact) mass is 267 g/mol. The average molecular weight is 267 g/mol. The van der Waals surface area contributed by atoms with Crippen LogP contribution in [0, 0.1) is 5.92 Å². The molecule has 1 unspecified atom stereocenters.